The van der Waals surface area contributed by atoms with Crippen molar-refractivity contribution in [2.45, 2.75) is 26.5 Å². The maximum Gasteiger partial charge on any atom is 0.269 e. The highest BCUT2D eigenvalue weighted by molar-refractivity contribution is 7.09. The van der Waals surface area contributed by atoms with Crippen molar-refractivity contribution in [3.8, 4) is 5.75 Å². The summed E-state index contributed by atoms with van der Waals surface area (Å²) in [6.45, 7) is 4.11. The Hall–Kier alpha value is -3.26. The first-order valence-corrected chi connectivity index (χ1v) is 9.88. The molecule has 0 unspecified atom stereocenters. The third-order valence-electron chi connectivity index (χ3n) is 4.60. The Morgan fingerprint density at radius 3 is 2.72 bits per heavy atom. The van der Waals surface area contributed by atoms with Gasteiger partial charge in [0.1, 0.15) is 12.4 Å². The largest absolute Gasteiger partial charge is 0.487 e. The number of thiazole rings is 1. The van der Waals surface area contributed by atoms with Crippen LogP contribution in [0.4, 0.5) is 5.69 Å². The van der Waals surface area contributed by atoms with Crippen molar-refractivity contribution < 1.29 is 14.5 Å². The summed E-state index contributed by atoms with van der Waals surface area (Å²) in [4.78, 5) is 29.4. The number of nitro benzene ring substituents is 1. The number of hydrogen-bond acceptors (Lipinski definition) is 6. The van der Waals surface area contributed by atoms with Crippen LogP contribution in [-0.4, -0.2) is 27.8 Å². The zero-order valence-corrected chi connectivity index (χ0v) is 17.2. The number of aryl methyl sites for hydroxylation is 1. The van der Waals surface area contributed by atoms with Crippen LogP contribution in [-0.2, 0) is 6.61 Å². The Morgan fingerprint density at radius 2 is 2.03 bits per heavy atom. The summed E-state index contributed by atoms with van der Waals surface area (Å²) in [7, 11) is 1.68. The number of nitrogens with zero attached hydrogens (tertiary/aromatic N) is 3. The van der Waals surface area contributed by atoms with Crippen LogP contribution in [0.15, 0.2) is 53.9 Å². The van der Waals surface area contributed by atoms with Crippen LogP contribution in [0.3, 0.4) is 0 Å². The van der Waals surface area contributed by atoms with E-state index in [1.54, 1.807) is 59.7 Å². The molecule has 0 aliphatic heterocycles. The van der Waals surface area contributed by atoms with Crippen LogP contribution in [0.25, 0.3) is 0 Å². The molecular weight excluding hydrogens is 390 g/mol. The van der Waals surface area contributed by atoms with Crippen molar-refractivity contribution in [2.24, 2.45) is 0 Å². The number of ether oxygens (including phenoxy) is 1. The van der Waals surface area contributed by atoms with Crippen molar-refractivity contribution in [1.82, 2.24) is 9.88 Å². The number of amides is 1. The van der Waals surface area contributed by atoms with Gasteiger partial charge in [-0.25, -0.2) is 4.98 Å². The Labute approximate surface area is 172 Å². The lowest BCUT2D eigenvalue weighted by atomic mass is 10.1. The maximum absolute atomic E-state index is 12.9. The number of hydrogen-bond donors (Lipinski definition) is 0. The first-order valence-electron chi connectivity index (χ1n) is 9.00. The molecule has 0 N–H and O–H groups in total. The number of nitro groups is 1. The van der Waals surface area contributed by atoms with Crippen molar-refractivity contribution >= 4 is 22.9 Å². The Morgan fingerprint density at radius 1 is 1.28 bits per heavy atom. The predicted octanol–water partition coefficient (Wildman–Crippen LogP) is 4.77. The van der Waals surface area contributed by atoms with Crippen molar-refractivity contribution in [2.75, 3.05) is 7.05 Å². The van der Waals surface area contributed by atoms with Gasteiger partial charge >= 0.3 is 0 Å². The summed E-state index contributed by atoms with van der Waals surface area (Å²) < 4.78 is 5.76. The molecule has 0 aliphatic rings. The van der Waals surface area contributed by atoms with E-state index in [4.69, 9.17) is 4.74 Å². The summed E-state index contributed by atoms with van der Waals surface area (Å²) in [6, 6.07) is 13.0. The normalized spacial score (nSPS) is 11.7. The van der Waals surface area contributed by atoms with Gasteiger partial charge in [0.05, 0.1) is 21.7 Å². The van der Waals surface area contributed by atoms with E-state index >= 15 is 0 Å². The second kappa shape index (κ2) is 8.83. The molecule has 1 aromatic heterocycles. The average Bonchev–Trinajstić information content (AvgIpc) is 3.16. The van der Waals surface area contributed by atoms with E-state index in [-0.39, 0.29) is 17.6 Å². The number of non-ortho nitro benzene ring substituents is 1. The summed E-state index contributed by atoms with van der Waals surface area (Å²) in [5, 5.41) is 13.9. The van der Waals surface area contributed by atoms with Gasteiger partial charge in [-0.15, -0.1) is 11.3 Å². The summed E-state index contributed by atoms with van der Waals surface area (Å²) >= 11 is 1.56. The first kappa shape index (κ1) is 20.5. The quantitative estimate of drug-likeness (QED) is 0.413. The van der Waals surface area contributed by atoms with Crippen molar-refractivity contribution in [3.05, 3.63) is 85.9 Å². The summed E-state index contributed by atoms with van der Waals surface area (Å²) in [5.41, 5.74) is 2.03. The van der Waals surface area contributed by atoms with Gasteiger partial charge in [0.2, 0.25) is 0 Å². The lowest BCUT2D eigenvalue weighted by Crippen LogP contribution is -2.29. The van der Waals surface area contributed by atoms with Gasteiger partial charge in [0.25, 0.3) is 11.6 Å². The van der Waals surface area contributed by atoms with E-state index in [0.29, 0.717) is 23.5 Å². The van der Waals surface area contributed by atoms with Gasteiger partial charge in [-0.2, -0.15) is 0 Å². The molecule has 1 heterocycles. The van der Waals surface area contributed by atoms with E-state index in [1.807, 2.05) is 19.2 Å². The average molecular weight is 411 g/mol. The van der Waals surface area contributed by atoms with E-state index in [0.717, 1.165) is 10.7 Å². The van der Waals surface area contributed by atoms with Crippen molar-refractivity contribution in [1.29, 1.82) is 0 Å². The van der Waals surface area contributed by atoms with Crippen LogP contribution < -0.4 is 4.74 Å². The topological polar surface area (TPSA) is 85.6 Å². The molecule has 0 aliphatic carbocycles. The monoisotopic (exact) mass is 411 g/mol. The Bertz CT molecular complexity index is 1030. The molecule has 0 saturated carbocycles. The molecule has 3 rings (SSSR count). The molecule has 2 aromatic carbocycles. The van der Waals surface area contributed by atoms with Crippen molar-refractivity contribution in [3.63, 3.8) is 0 Å². The zero-order valence-electron chi connectivity index (χ0n) is 16.4. The molecule has 0 fully saturated rings. The summed E-state index contributed by atoms with van der Waals surface area (Å²) in [5.74, 6) is 0.386. The van der Waals surface area contributed by atoms with Crippen LogP contribution in [0.2, 0.25) is 0 Å². The van der Waals surface area contributed by atoms with E-state index in [1.165, 1.54) is 12.1 Å². The molecule has 1 atom stereocenters. The molecule has 3 aromatic rings. The van der Waals surface area contributed by atoms with Crippen LogP contribution in [0.5, 0.6) is 5.75 Å². The van der Waals surface area contributed by atoms with Gasteiger partial charge in [-0.3, -0.25) is 14.9 Å². The standard InChI is InChI=1S/C21H21N3O4S/c1-14(16-6-4-8-19(10-16)24(26)27)23(3)21(25)17-7-5-9-20(11-17)28-12-18-13-29-15(2)22-18/h4-11,13-14H,12H2,1-3H3/t14-/m1/s1. The van der Waals surface area contributed by atoms with Gasteiger partial charge in [-0.1, -0.05) is 18.2 Å². The fourth-order valence-electron chi connectivity index (χ4n) is 2.85. The van der Waals surface area contributed by atoms with Gasteiger partial charge in [0, 0.05) is 30.1 Å². The van der Waals surface area contributed by atoms with Gasteiger partial charge in [-0.05, 0) is 37.6 Å². The molecule has 0 bridgehead atoms. The van der Waals surface area contributed by atoms with Crippen LogP contribution in [0, 0.1) is 17.0 Å². The maximum atomic E-state index is 12.9. The smallest absolute Gasteiger partial charge is 0.269 e. The second-order valence-electron chi connectivity index (χ2n) is 6.62. The number of carbonyl (C=O) groups is 1. The van der Waals surface area contributed by atoms with Crippen LogP contribution in [0.1, 0.15) is 39.6 Å². The highest BCUT2D eigenvalue weighted by Gasteiger charge is 2.21. The number of aromatic nitrogens is 1. The minimum Gasteiger partial charge on any atom is -0.487 e. The fraction of sp³-hybridized carbons (Fsp3) is 0.238. The molecule has 7 nitrogen and oxygen atoms in total. The Kier molecular flexibility index (Phi) is 6.23. The molecule has 1 amide bonds. The van der Waals surface area contributed by atoms with E-state index < -0.39 is 4.92 Å². The predicted molar refractivity (Wildman–Crippen MR) is 111 cm³/mol. The highest BCUT2D eigenvalue weighted by Crippen LogP contribution is 2.25. The third kappa shape index (κ3) is 4.97. The number of benzene rings is 2. The molecule has 0 spiro atoms. The number of carbonyl (C=O) groups excluding carboxylic acids is 1. The fourth-order valence-corrected chi connectivity index (χ4v) is 3.45. The van der Waals surface area contributed by atoms with Gasteiger partial charge < -0.3 is 9.64 Å². The summed E-state index contributed by atoms with van der Waals surface area (Å²) in [6.07, 6.45) is 0. The van der Waals surface area contributed by atoms with E-state index in [9.17, 15) is 14.9 Å². The zero-order chi connectivity index (χ0) is 21.0. The molecule has 29 heavy (non-hydrogen) atoms. The minimum atomic E-state index is -0.442. The third-order valence-corrected chi connectivity index (χ3v) is 5.42. The SMILES string of the molecule is Cc1nc(COc2cccc(C(=O)N(C)[C@H](C)c3cccc([N+](=O)[O-])c3)c2)cs1. The second-order valence-corrected chi connectivity index (χ2v) is 7.68. The molecule has 150 valence electrons. The van der Waals surface area contributed by atoms with E-state index in [2.05, 4.69) is 4.98 Å². The lowest BCUT2D eigenvalue weighted by Gasteiger charge is -2.25. The number of rotatable bonds is 7. The minimum absolute atomic E-state index is 0.00266. The molecular formula is C21H21N3O4S. The molecule has 0 radical (unpaired) electrons. The highest BCUT2D eigenvalue weighted by atomic mass is 32.1. The molecule has 0 saturated heterocycles. The lowest BCUT2D eigenvalue weighted by molar-refractivity contribution is -0.384. The van der Waals surface area contributed by atoms with Crippen LogP contribution >= 0.6 is 11.3 Å². The van der Waals surface area contributed by atoms with Gasteiger partial charge in [0.15, 0.2) is 0 Å². The molecule has 8 heteroatoms. The Balaban J connectivity index is 1.72. The first-order chi connectivity index (χ1) is 13.8.